The van der Waals surface area contributed by atoms with Crippen molar-refractivity contribution in [2.45, 2.75) is 64.0 Å². The number of amides is 1. The van der Waals surface area contributed by atoms with E-state index in [9.17, 15) is 18.0 Å². The number of carbonyl (C=O) groups is 1. The quantitative estimate of drug-likeness (QED) is 0.499. The average Bonchev–Trinajstić information content (AvgIpc) is 3.61. The molecule has 1 aliphatic carbocycles. The molecule has 2 aliphatic rings. The van der Waals surface area contributed by atoms with Gasteiger partial charge in [-0.15, -0.1) is 0 Å². The van der Waals surface area contributed by atoms with Crippen LogP contribution in [0.25, 0.3) is 0 Å². The van der Waals surface area contributed by atoms with E-state index in [1.54, 1.807) is 0 Å². The van der Waals surface area contributed by atoms with Gasteiger partial charge in [0.1, 0.15) is 11.4 Å². The first-order valence-corrected chi connectivity index (χ1v) is 11.6. The number of nitrogens with zero attached hydrogens (tertiary/aromatic N) is 3. The van der Waals surface area contributed by atoms with Gasteiger partial charge in [-0.05, 0) is 56.6 Å². The third-order valence-corrected chi connectivity index (χ3v) is 6.13. The summed E-state index contributed by atoms with van der Waals surface area (Å²) < 4.78 is 40.6. The summed E-state index contributed by atoms with van der Waals surface area (Å²) in [7, 11) is 0. The summed E-state index contributed by atoms with van der Waals surface area (Å²) in [5.41, 5.74) is 2.22. The van der Waals surface area contributed by atoms with Crippen LogP contribution in [0, 0.1) is 6.92 Å². The molecule has 2 N–H and O–H groups in total. The first-order chi connectivity index (χ1) is 15.8. The van der Waals surface area contributed by atoms with E-state index in [1.165, 1.54) is 0 Å². The van der Waals surface area contributed by atoms with E-state index in [4.69, 9.17) is 0 Å². The van der Waals surface area contributed by atoms with Crippen LogP contribution < -0.4 is 10.6 Å². The number of aryl methyl sites for hydroxylation is 1. The van der Waals surface area contributed by atoms with Gasteiger partial charge in [0.05, 0.1) is 0 Å². The normalized spacial score (nSPS) is 17.1. The fourth-order valence-electron chi connectivity index (χ4n) is 4.18. The first-order valence-electron chi connectivity index (χ1n) is 11.6. The second-order valence-electron chi connectivity index (χ2n) is 8.92. The number of hydrogen-bond acceptors (Lipinski definition) is 5. The summed E-state index contributed by atoms with van der Waals surface area (Å²) in [6.07, 6.45) is 2.48. The van der Waals surface area contributed by atoms with Gasteiger partial charge in [0.2, 0.25) is 11.9 Å². The summed E-state index contributed by atoms with van der Waals surface area (Å²) in [5.74, 6) is 0.476. The highest BCUT2D eigenvalue weighted by molar-refractivity contribution is 5.76. The fraction of sp³-hybridized carbons (Fsp3) is 0.542. The highest BCUT2D eigenvalue weighted by atomic mass is 19.4. The Labute approximate surface area is 192 Å². The molecule has 0 radical (unpaired) electrons. The number of hydrogen-bond donors (Lipinski definition) is 2. The zero-order valence-corrected chi connectivity index (χ0v) is 18.8. The number of rotatable bonds is 8. The van der Waals surface area contributed by atoms with Crippen LogP contribution in [-0.4, -0.2) is 40.4 Å². The molecule has 2 aromatic rings. The van der Waals surface area contributed by atoms with Crippen LogP contribution in [0.15, 0.2) is 24.4 Å². The van der Waals surface area contributed by atoms with Crippen molar-refractivity contribution in [3.63, 3.8) is 0 Å². The van der Waals surface area contributed by atoms with E-state index < -0.39 is 11.7 Å². The largest absolute Gasteiger partial charge is 0.421 e. The molecule has 1 aliphatic heterocycles. The first kappa shape index (κ1) is 23.3. The smallest absolute Gasteiger partial charge is 0.369 e. The minimum Gasteiger partial charge on any atom is -0.369 e. The van der Waals surface area contributed by atoms with Gasteiger partial charge in [-0.3, -0.25) is 4.79 Å². The Bertz CT molecular complexity index is 991. The Hall–Kier alpha value is -2.84. The van der Waals surface area contributed by atoms with Gasteiger partial charge in [0.15, 0.2) is 0 Å². The number of nitrogens with one attached hydrogen (secondary N) is 2. The minimum absolute atomic E-state index is 0.124. The molecule has 0 unspecified atom stereocenters. The number of anilines is 3. The Kier molecular flexibility index (Phi) is 7.05. The fourth-order valence-corrected chi connectivity index (χ4v) is 4.18. The maximum Gasteiger partial charge on any atom is 0.421 e. The van der Waals surface area contributed by atoms with Gasteiger partial charge in [-0.25, -0.2) is 4.98 Å². The van der Waals surface area contributed by atoms with E-state index in [2.05, 4.69) is 26.7 Å². The van der Waals surface area contributed by atoms with Gasteiger partial charge >= 0.3 is 6.18 Å². The molecular formula is C24H30F3N5O. The van der Waals surface area contributed by atoms with Crippen molar-refractivity contribution in [1.82, 2.24) is 14.9 Å². The Morgan fingerprint density at radius 3 is 2.76 bits per heavy atom. The molecule has 6 nitrogen and oxygen atoms in total. The molecule has 1 saturated carbocycles. The van der Waals surface area contributed by atoms with Crippen molar-refractivity contribution in [3.05, 3.63) is 41.1 Å². The third-order valence-electron chi connectivity index (χ3n) is 6.13. The summed E-state index contributed by atoms with van der Waals surface area (Å²) in [6, 6.07) is 5.99. The van der Waals surface area contributed by atoms with Crippen molar-refractivity contribution in [2.75, 3.05) is 30.3 Å². The molecule has 1 aromatic carbocycles. The third kappa shape index (κ3) is 6.15. The number of halogens is 3. The molecule has 1 aromatic heterocycles. The van der Waals surface area contributed by atoms with Crippen molar-refractivity contribution in [1.29, 1.82) is 0 Å². The SMILES string of the molecule is Cc1ccc(Nc2ncc(C(F)(F)F)c(NCCCN3CCCCCC3=O)n2)c(C2CC2)c1. The standard InChI is InChI=1S/C24H30F3N5O/c1-16-7-10-20(18(14-16)17-8-9-17)30-23-29-15-19(24(25,26)27)22(31-23)28-11-5-13-32-12-4-2-3-6-21(32)33/h7,10,14-15,17H,2-6,8-9,11-13H2,1H3,(H2,28,29,30,31). The van der Waals surface area contributed by atoms with E-state index in [1.807, 2.05) is 24.0 Å². The van der Waals surface area contributed by atoms with Crippen LogP contribution in [0.3, 0.4) is 0 Å². The molecule has 0 spiro atoms. The molecular weight excluding hydrogens is 431 g/mol. The molecule has 0 atom stereocenters. The van der Waals surface area contributed by atoms with Gasteiger partial charge in [-0.1, -0.05) is 24.1 Å². The zero-order chi connectivity index (χ0) is 23.4. The topological polar surface area (TPSA) is 70.2 Å². The minimum atomic E-state index is -4.56. The summed E-state index contributed by atoms with van der Waals surface area (Å²) in [4.78, 5) is 22.0. The predicted octanol–water partition coefficient (Wildman–Crippen LogP) is 5.63. The highest BCUT2D eigenvalue weighted by Gasteiger charge is 2.35. The molecule has 2 fully saturated rings. The van der Waals surface area contributed by atoms with E-state index in [0.29, 0.717) is 31.8 Å². The number of aromatic nitrogens is 2. The van der Waals surface area contributed by atoms with E-state index in [0.717, 1.165) is 55.1 Å². The molecule has 0 bridgehead atoms. The lowest BCUT2D eigenvalue weighted by molar-refractivity contribution is -0.137. The molecule has 2 heterocycles. The Morgan fingerprint density at radius 2 is 2.00 bits per heavy atom. The zero-order valence-electron chi connectivity index (χ0n) is 18.8. The van der Waals surface area contributed by atoms with E-state index in [-0.39, 0.29) is 24.2 Å². The predicted molar refractivity (Wildman–Crippen MR) is 122 cm³/mol. The molecule has 9 heteroatoms. The second kappa shape index (κ2) is 9.97. The monoisotopic (exact) mass is 461 g/mol. The maximum atomic E-state index is 13.5. The van der Waals surface area contributed by atoms with E-state index >= 15 is 0 Å². The van der Waals surface area contributed by atoms with Crippen LogP contribution in [-0.2, 0) is 11.0 Å². The van der Waals surface area contributed by atoms with Gasteiger partial charge in [0, 0.05) is 37.9 Å². The molecule has 178 valence electrons. The van der Waals surface area contributed by atoms with Crippen LogP contribution in [0.2, 0.25) is 0 Å². The van der Waals surface area contributed by atoms with Crippen molar-refractivity contribution in [3.8, 4) is 0 Å². The van der Waals surface area contributed by atoms with Crippen molar-refractivity contribution >= 4 is 23.4 Å². The Balaban J connectivity index is 1.45. The summed E-state index contributed by atoms with van der Waals surface area (Å²) >= 11 is 0. The van der Waals surface area contributed by atoms with Gasteiger partial charge in [0.25, 0.3) is 0 Å². The lowest BCUT2D eigenvalue weighted by atomic mass is 10.1. The van der Waals surface area contributed by atoms with Gasteiger partial charge in [-0.2, -0.15) is 18.2 Å². The summed E-state index contributed by atoms with van der Waals surface area (Å²) in [5, 5.41) is 5.94. The van der Waals surface area contributed by atoms with Crippen LogP contribution in [0.1, 0.15) is 67.6 Å². The molecule has 33 heavy (non-hydrogen) atoms. The van der Waals surface area contributed by atoms with Crippen LogP contribution in [0.5, 0.6) is 0 Å². The van der Waals surface area contributed by atoms with Crippen molar-refractivity contribution in [2.24, 2.45) is 0 Å². The number of likely N-dealkylation sites (tertiary alicyclic amines) is 1. The second-order valence-corrected chi connectivity index (χ2v) is 8.92. The molecule has 1 amide bonds. The highest BCUT2D eigenvalue weighted by Crippen LogP contribution is 2.44. The van der Waals surface area contributed by atoms with Crippen molar-refractivity contribution < 1.29 is 18.0 Å². The Morgan fingerprint density at radius 1 is 1.18 bits per heavy atom. The molecule has 1 saturated heterocycles. The molecule has 4 rings (SSSR count). The number of alkyl halides is 3. The number of benzene rings is 1. The van der Waals surface area contributed by atoms with Crippen LogP contribution in [0.4, 0.5) is 30.6 Å². The lowest BCUT2D eigenvalue weighted by Gasteiger charge is -2.21. The van der Waals surface area contributed by atoms with Crippen LogP contribution >= 0.6 is 0 Å². The average molecular weight is 462 g/mol. The van der Waals surface area contributed by atoms with Gasteiger partial charge < -0.3 is 15.5 Å². The number of carbonyl (C=O) groups excluding carboxylic acids is 1. The lowest BCUT2D eigenvalue weighted by Crippen LogP contribution is -2.32. The maximum absolute atomic E-state index is 13.5. The summed E-state index contributed by atoms with van der Waals surface area (Å²) in [6.45, 7) is 3.54.